The predicted molar refractivity (Wildman–Crippen MR) is 113 cm³/mol. The molecule has 3 aromatic rings. The molecule has 0 bridgehead atoms. The van der Waals surface area contributed by atoms with Crippen LogP contribution in [0.15, 0.2) is 60.0 Å². The number of hydrogen-bond donors (Lipinski definition) is 1. The highest BCUT2D eigenvalue weighted by atomic mass is 127. The van der Waals surface area contributed by atoms with Gasteiger partial charge in [0.05, 0.1) is 16.9 Å². The Kier molecular flexibility index (Phi) is 4.76. The van der Waals surface area contributed by atoms with E-state index in [9.17, 15) is 4.79 Å². The lowest BCUT2D eigenvalue weighted by molar-refractivity contribution is 0.102. The van der Waals surface area contributed by atoms with Gasteiger partial charge >= 0.3 is 0 Å². The van der Waals surface area contributed by atoms with Crippen LogP contribution < -0.4 is 10.2 Å². The summed E-state index contributed by atoms with van der Waals surface area (Å²) >= 11 is 4.04. The molecule has 1 N–H and O–H groups in total. The quantitative estimate of drug-likeness (QED) is 0.548. The number of benzene rings is 2. The Morgan fingerprint density at radius 2 is 1.88 bits per heavy atom. The summed E-state index contributed by atoms with van der Waals surface area (Å²) in [7, 11) is 0. The van der Waals surface area contributed by atoms with E-state index in [-0.39, 0.29) is 5.91 Å². The Balaban J connectivity index is 1.60. The smallest absolute Gasteiger partial charge is 0.256 e. The molecule has 4 rings (SSSR count). The van der Waals surface area contributed by atoms with Crippen molar-refractivity contribution < 1.29 is 4.79 Å². The van der Waals surface area contributed by atoms with Gasteiger partial charge in [-0.3, -0.25) is 4.79 Å². The highest BCUT2D eigenvalue weighted by molar-refractivity contribution is 14.1. The molecule has 25 heavy (non-hydrogen) atoms. The van der Waals surface area contributed by atoms with Crippen LogP contribution in [0, 0.1) is 3.57 Å². The zero-order valence-electron chi connectivity index (χ0n) is 13.5. The SMILES string of the molecule is O=C(Nc1ccccc1N1CCc2sccc2C1)c1ccccc1I. The number of para-hydroxylation sites is 2. The highest BCUT2D eigenvalue weighted by Crippen LogP contribution is 2.32. The van der Waals surface area contributed by atoms with Crippen molar-refractivity contribution in [2.45, 2.75) is 13.0 Å². The van der Waals surface area contributed by atoms with Crippen molar-refractivity contribution in [2.24, 2.45) is 0 Å². The molecule has 2 heterocycles. The number of carbonyl (C=O) groups is 1. The summed E-state index contributed by atoms with van der Waals surface area (Å²) in [5.74, 6) is -0.0642. The Labute approximate surface area is 164 Å². The van der Waals surface area contributed by atoms with Crippen LogP contribution in [0.4, 0.5) is 11.4 Å². The number of anilines is 2. The number of fused-ring (bicyclic) bond motifs is 1. The average Bonchev–Trinajstić information content (AvgIpc) is 3.10. The van der Waals surface area contributed by atoms with E-state index in [4.69, 9.17) is 0 Å². The fourth-order valence-electron chi connectivity index (χ4n) is 3.14. The maximum absolute atomic E-state index is 12.7. The van der Waals surface area contributed by atoms with Crippen molar-refractivity contribution in [1.82, 2.24) is 0 Å². The molecule has 0 aliphatic carbocycles. The molecular formula is C20H17IN2OS. The molecule has 0 saturated heterocycles. The van der Waals surface area contributed by atoms with Gasteiger partial charge in [-0.2, -0.15) is 0 Å². The summed E-state index contributed by atoms with van der Waals surface area (Å²) in [6.07, 6.45) is 1.06. The second-order valence-electron chi connectivity index (χ2n) is 5.99. The minimum absolute atomic E-state index is 0.0642. The van der Waals surface area contributed by atoms with Crippen molar-refractivity contribution in [3.05, 3.63) is 79.6 Å². The molecule has 126 valence electrons. The maximum Gasteiger partial charge on any atom is 0.256 e. The Hall–Kier alpha value is -1.86. The second-order valence-corrected chi connectivity index (χ2v) is 8.15. The van der Waals surface area contributed by atoms with Crippen LogP contribution in [0.1, 0.15) is 20.8 Å². The molecule has 1 amide bonds. The fourth-order valence-corrected chi connectivity index (χ4v) is 4.67. The molecule has 0 fully saturated rings. The van der Waals surface area contributed by atoms with Crippen LogP contribution in [0.5, 0.6) is 0 Å². The average molecular weight is 460 g/mol. The predicted octanol–water partition coefficient (Wildman–Crippen LogP) is 5.17. The van der Waals surface area contributed by atoms with Gasteiger partial charge in [0, 0.05) is 21.5 Å². The van der Waals surface area contributed by atoms with Gasteiger partial charge in [0.2, 0.25) is 0 Å². The standard InChI is InChI=1S/C20H17IN2OS/c21-16-6-2-1-5-15(16)20(24)22-17-7-3-4-8-18(17)23-11-9-19-14(13-23)10-12-25-19/h1-8,10,12H,9,11,13H2,(H,22,24). The molecule has 0 unspecified atom stereocenters. The van der Waals surface area contributed by atoms with Gasteiger partial charge < -0.3 is 10.2 Å². The third-order valence-electron chi connectivity index (χ3n) is 4.42. The number of carbonyl (C=O) groups excluding carboxylic acids is 1. The zero-order valence-corrected chi connectivity index (χ0v) is 16.5. The zero-order chi connectivity index (χ0) is 17.2. The summed E-state index contributed by atoms with van der Waals surface area (Å²) in [5, 5.41) is 5.27. The number of halogens is 1. The van der Waals surface area contributed by atoms with Crippen LogP contribution in [0.25, 0.3) is 0 Å². The maximum atomic E-state index is 12.7. The third-order valence-corrected chi connectivity index (χ3v) is 6.38. The Morgan fingerprint density at radius 1 is 1.08 bits per heavy atom. The number of amides is 1. The van der Waals surface area contributed by atoms with Gasteiger partial charge in [-0.1, -0.05) is 24.3 Å². The molecular weight excluding hydrogens is 443 g/mol. The van der Waals surface area contributed by atoms with E-state index >= 15 is 0 Å². The summed E-state index contributed by atoms with van der Waals surface area (Å²) in [5.41, 5.74) is 4.05. The first kappa shape index (κ1) is 16.6. The lowest BCUT2D eigenvalue weighted by Crippen LogP contribution is -2.30. The van der Waals surface area contributed by atoms with E-state index < -0.39 is 0 Å². The van der Waals surface area contributed by atoms with Crippen molar-refractivity contribution in [1.29, 1.82) is 0 Å². The van der Waals surface area contributed by atoms with Crippen molar-refractivity contribution in [3.8, 4) is 0 Å². The number of nitrogens with zero attached hydrogens (tertiary/aromatic N) is 1. The van der Waals surface area contributed by atoms with Crippen molar-refractivity contribution >= 4 is 51.2 Å². The van der Waals surface area contributed by atoms with Crippen molar-refractivity contribution in [3.63, 3.8) is 0 Å². The van der Waals surface area contributed by atoms with E-state index in [0.717, 1.165) is 34.5 Å². The van der Waals surface area contributed by atoms with E-state index in [2.05, 4.69) is 50.3 Å². The summed E-state index contributed by atoms with van der Waals surface area (Å²) < 4.78 is 0.955. The van der Waals surface area contributed by atoms with Gasteiger partial charge in [-0.25, -0.2) is 0 Å². The van der Waals surface area contributed by atoms with Crippen LogP contribution >= 0.6 is 33.9 Å². The third kappa shape index (κ3) is 3.43. The largest absolute Gasteiger partial charge is 0.365 e. The fraction of sp³-hybridized carbons (Fsp3) is 0.150. The van der Waals surface area contributed by atoms with Crippen LogP contribution in [0.2, 0.25) is 0 Å². The van der Waals surface area contributed by atoms with Gasteiger partial charge in [0.15, 0.2) is 0 Å². The van der Waals surface area contributed by atoms with E-state index in [1.165, 1.54) is 10.4 Å². The highest BCUT2D eigenvalue weighted by Gasteiger charge is 2.20. The van der Waals surface area contributed by atoms with Gasteiger partial charge in [0.1, 0.15) is 0 Å². The summed E-state index contributed by atoms with van der Waals surface area (Å²) in [4.78, 5) is 16.5. The molecule has 0 atom stereocenters. The lowest BCUT2D eigenvalue weighted by Gasteiger charge is -2.30. The molecule has 1 aromatic heterocycles. The molecule has 2 aromatic carbocycles. The minimum atomic E-state index is -0.0642. The van der Waals surface area contributed by atoms with Gasteiger partial charge in [-0.15, -0.1) is 11.3 Å². The molecule has 0 saturated carbocycles. The first-order valence-corrected chi connectivity index (χ1v) is 10.1. The lowest BCUT2D eigenvalue weighted by atomic mass is 10.1. The second kappa shape index (κ2) is 7.17. The normalized spacial score (nSPS) is 13.4. The van der Waals surface area contributed by atoms with E-state index in [1.807, 2.05) is 53.8 Å². The molecule has 0 radical (unpaired) electrons. The monoisotopic (exact) mass is 460 g/mol. The first-order chi connectivity index (χ1) is 12.2. The van der Waals surface area contributed by atoms with Crippen LogP contribution in [0.3, 0.4) is 0 Å². The van der Waals surface area contributed by atoms with Gasteiger partial charge in [-0.05, 0) is 70.3 Å². The number of nitrogens with one attached hydrogen (secondary N) is 1. The Bertz CT molecular complexity index is 921. The summed E-state index contributed by atoms with van der Waals surface area (Å²) in [6, 6.07) is 17.9. The topological polar surface area (TPSA) is 32.3 Å². The number of thiophene rings is 1. The molecule has 1 aliphatic rings. The molecule has 1 aliphatic heterocycles. The van der Waals surface area contributed by atoms with Gasteiger partial charge in [0.25, 0.3) is 5.91 Å². The Morgan fingerprint density at radius 3 is 2.76 bits per heavy atom. The first-order valence-electron chi connectivity index (χ1n) is 8.17. The number of hydrogen-bond acceptors (Lipinski definition) is 3. The number of rotatable bonds is 3. The minimum Gasteiger partial charge on any atom is -0.365 e. The molecule has 3 nitrogen and oxygen atoms in total. The molecule has 5 heteroatoms. The van der Waals surface area contributed by atoms with E-state index in [1.54, 1.807) is 0 Å². The van der Waals surface area contributed by atoms with E-state index in [0.29, 0.717) is 5.56 Å². The van der Waals surface area contributed by atoms with Crippen molar-refractivity contribution in [2.75, 3.05) is 16.8 Å². The summed E-state index contributed by atoms with van der Waals surface area (Å²) in [6.45, 7) is 1.87. The molecule has 0 spiro atoms. The van der Waals surface area contributed by atoms with Crippen LogP contribution in [-0.4, -0.2) is 12.5 Å². The van der Waals surface area contributed by atoms with Crippen LogP contribution in [-0.2, 0) is 13.0 Å².